The number of hydrogen-bond donors (Lipinski definition) is 2. The molecule has 5 nitrogen and oxygen atoms in total. The summed E-state index contributed by atoms with van der Waals surface area (Å²) >= 11 is 0. The van der Waals surface area contributed by atoms with E-state index in [0.717, 1.165) is 12.1 Å². The molecule has 2 heterocycles. The van der Waals surface area contributed by atoms with E-state index in [1.165, 1.54) is 30.6 Å². The van der Waals surface area contributed by atoms with E-state index < -0.39 is 11.7 Å². The van der Waals surface area contributed by atoms with Crippen molar-refractivity contribution < 1.29 is 13.2 Å². The molecule has 122 valence electrons. The molecule has 0 spiro atoms. The molecule has 0 bridgehead atoms. The maximum Gasteiger partial charge on any atom is 0.416 e. The van der Waals surface area contributed by atoms with E-state index in [1.807, 2.05) is 0 Å². The zero-order valence-electron chi connectivity index (χ0n) is 12.1. The molecule has 3 aromatic rings. The molecular formula is C16H11F3N4O. The second kappa shape index (κ2) is 6.15. The fourth-order valence-corrected chi connectivity index (χ4v) is 2.09. The van der Waals surface area contributed by atoms with E-state index in [1.54, 1.807) is 12.1 Å². The van der Waals surface area contributed by atoms with Crippen molar-refractivity contribution >= 4 is 11.6 Å². The number of H-pyrrole nitrogens is 1. The van der Waals surface area contributed by atoms with Crippen LogP contribution in [0.5, 0.6) is 0 Å². The van der Waals surface area contributed by atoms with Crippen LogP contribution in [0.25, 0.3) is 11.3 Å². The Balaban J connectivity index is 1.89. The van der Waals surface area contributed by atoms with Gasteiger partial charge in [-0.15, -0.1) is 0 Å². The molecular weight excluding hydrogens is 321 g/mol. The van der Waals surface area contributed by atoms with Crippen LogP contribution in [0.15, 0.2) is 59.7 Å². The SMILES string of the molecule is O=c1cc(-c2ccnc(Nc3cccc(C(F)(F)F)c3)n2)cc[nH]1. The molecule has 0 saturated carbocycles. The molecule has 24 heavy (non-hydrogen) atoms. The molecule has 0 saturated heterocycles. The van der Waals surface area contributed by atoms with Crippen molar-refractivity contribution in [3.05, 3.63) is 70.8 Å². The fraction of sp³-hybridized carbons (Fsp3) is 0.0625. The first-order valence-electron chi connectivity index (χ1n) is 6.88. The summed E-state index contributed by atoms with van der Waals surface area (Å²) in [6.45, 7) is 0. The number of halogens is 3. The Kier molecular flexibility index (Phi) is 4.03. The average molecular weight is 332 g/mol. The molecule has 2 N–H and O–H groups in total. The summed E-state index contributed by atoms with van der Waals surface area (Å²) in [6.07, 6.45) is -1.48. The zero-order valence-corrected chi connectivity index (χ0v) is 12.1. The number of rotatable bonds is 3. The van der Waals surface area contributed by atoms with Gasteiger partial charge in [-0.2, -0.15) is 13.2 Å². The molecule has 2 aromatic heterocycles. The monoisotopic (exact) mass is 332 g/mol. The Morgan fingerprint density at radius 2 is 1.92 bits per heavy atom. The summed E-state index contributed by atoms with van der Waals surface area (Å²) in [5.41, 5.74) is 0.225. The molecule has 0 radical (unpaired) electrons. The zero-order chi connectivity index (χ0) is 17.2. The summed E-state index contributed by atoms with van der Waals surface area (Å²) in [6, 6.07) is 9.38. The molecule has 0 amide bonds. The predicted molar refractivity (Wildman–Crippen MR) is 82.8 cm³/mol. The summed E-state index contributed by atoms with van der Waals surface area (Å²) in [7, 11) is 0. The van der Waals surface area contributed by atoms with Gasteiger partial charge in [-0.3, -0.25) is 4.79 Å². The van der Waals surface area contributed by atoms with Crippen LogP contribution in [0.1, 0.15) is 5.56 Å². The van der Waals surface area contributed by atoms with Gasteiger partial charge in [0.15, 0.2) is 0 Å². The van der Waals surface area contributed by atoms with Crippen LogP contribution in [0.4, 0.5) is 24.8 Å². The minimum Gasteiger partial charge on any atom is -0.329 e. The number of nitrogens with one attached hydrogen (secondary N) is 2. The van der Waals surface area contributed by atoms with Crippen molar-refractivity contribution in [1.82, 2.24) is 15.0 Å². The van der Waals surface area contributed by atoms with Crippen LogP contribution in [0.2, 0.25) is 0 Å². The minimum atomic E-state index is -4.43. The van der Waals surface area contributed by atoms with Crippen molar-refractivity contribution in [2.24, 2.45) is 0 Å². The van der Waals surface area contributed by atoms with Gasteiger partial charge in [0.2, 0.25) is 11.5 Å². The second-order valence-electron chi connectivity index (χ2n) is 4.91. The summed E-state index contributed by atoms with van der Waals surface area (Å²) in [5.74, 6) is 0.132. The second-order valence-corrected chi connectivity index (χ2v) is 4.91. The van der Waals surface area contributed by atoms with Crippen LogP contribution in [0.3, 0.4) is 0 Å². The highest BCUT2D eigenvalue weighted by atomic mass is 19.4. The van der Waals surface area contributed by atoms with Gasteiger partial charge in [0.25, 0.3) is 0 Å². The molecule has 0 atom stereocenters. The topological polar surface area (TPSA) is 70.7 Å². The number of aromatic nitrogens is 3. The molecule has 0 unspecified atom stereocenters. The van der Waals surface area contributed by atoms with Gasteiger partial charge in [-0.1, -0.05) is 6.07 Å². The third-order valence-electron chi connectivity index (χ3n) is 3.17. The van der Waals surface area contributed by atoms with Gasteiger partial charge in [-0.05, 0) is 30.3 Å². The molecule has 1 aromatic carbocycles. The largest absolute Gasteiger partial charge is 0.416 e. The van der Waals surface area contributed by atoms with Crippen molar-refractivity contribution in [2.75, 3.05) is 5.32 Å². The fourth-order valence-electron chi connectivity index (χ4n) is 2.09. The third kappa shape index (κ3) is 3.60. The first-order valence-corrected chi connectivity index (χ1v) is 6.88. The molecule has 0 aliphatic heterocycles. The Labute approximate surface area is 134 Å². The first kappa shape index (κ1) is 15.7. The molecule has 0 aliphatic carbocycles. The Hall–Kier alpha value is -3.16. The van der Waals surface area contributed by atoms with Crippen molar-refractivity contribution in [3.8, 4) is 11.3 Å². The Bertz CT molecular complexity index is 921. The highest BCUT2D eigenvalue weighted by Crippen LogP contribution is 2.31. The minimum absolute atomic E-state index is 0.132. The maximum absolute atomic E-state index is 12.7. The van der Waals surface area contributed by atoms with Crippen LogP contribution >= 0.6 is 0 Å². The highest BCUT2D eigenvalue weighted by molar-refractivity contribution is 5.61. The van der Waals surface area contributed by atoms with Gasteiger partial charge in [-0.25, -0.2) is 9.97 Å². The quantitative estimate of drug-likeness (QED) is 0.769. The van der Waals surface area contributed by atoms with Gasteiger partial charge in [0.05, 0.1) is 11.3 Å². The van der Waals surface area contributed by atoms with E-state index in [0.29, 0.717) is 11.3 Å². The number of anilines is 2. The number of hydrogen-bond acceptors (Lipinski definition) is 4. The maximum atomic E-state index is 12.7. The van der Waals surface area contributed by atoms with E-state index in [2.05, 4.69) is 20.3 Å². The van der Waals surface area contributed by atoms with Crippen molar-refractivity contribution in [2.45, 2.75) is 6.18 Å². The summed E-state index contributed by atoms with van der Waals surface area (Å²) in [4.78, 5) is 22.0. The summed E-state index contributed by atoms with van der Waals surface area (Å²) in [5, 5.41) is 2.73. The number of benzene rings is 1. The number of nitrogens with zero attached hydrogens (tertiary/aromatic N) is 2. The first-order chi connectivity index (χ1) is 11.4. The Morgan fingerprint density at radius 3 is 2.67 bits per heavy atom. The van der Waals surface area contributed by atoms with Crippen LogP contribution in [-0.4, -0.2) is 15.0 Å². The van der Waals surface area contributed by atoms with Gasteiger partial charge < -0.3 is 10.3 Å². The van der Waals surface area contributed by atoms with Crippen molar-refractivity contribution in [3.63, 3.8) is 0 Å². The Morgan fingerprint density at radius 1 is 1.08 bits per heavy atom. The standard InChI is InChI=1S/C16H11F3N4O/c17-16(18,19)11-2-1-3-12(9-11)22-15-21-7-5-13(23-15)10-4-6-20-14(24)8-10/h1-9H,(H,20,24)(H,21,22,23). The predicted octanol–water partition coefficient (Wildman–Crippen LogP) is 3.59. The van der Waals surface area contributed by atoms with Crippen LogP contribution in [-0.2, 0) is 6.18 Å². The smallest absolute Gasteiger partial charge is 0.329 e. The van der Waals surface area contributed by atoms with Crippen molar-refractivity contribution in [1.29, 1.82) is 0 Å². The lowest BCUT2D eigenvalue weighted by molar-refractivity contribution is -0.137. The number of pyridine rings is 1. The van der Waals surface area contributed by atoms with E-state index >= 15 is 0 Å². The van der Waals surface area contributed by atoms with E-state index in [4.69, 9.17) is 0 Å². The lowest BCUT2D eigenvalue weighted by Crippen LogP contribution is -2.06. The van der Waals surface area contributed by atoms with E-state index in [-0.39, 0.29) is 17.2 Å². The molecule has 0 fully saturated rings. The summed E-state index contributed by atoms with van der Waals surface area (Å²) < 4.78 is 38.2. The van der Waals surface area contributed by atoms with Gasteiger partial charge in [0.1, 0.15) is 0 Å². The average Bonchev–Trinajstić information content (AvgIpc) is 2.55. The van der Waals surface area contributed by atoms with E-state index in [9.17, 15) is 18.0 Å². The highest BCUT2D eigenvalue weighted by Gasteiger charge is 2.30. The molecule has 8 heteroatoms. The molecule has 0 aliphatic rings. The third-order valence-corrected chi connectivity index (χ3v) is 3.17. The molecule has 3 rings (SSSR count). The normalized spacial score (nSPS) is 11.3. The van der Waals surface area contributed by atoms with Gasteiger partial charge >= 0.3 is 6.18 Å². The van der Waals surface area contributed by atoms with Gasteiger partial charge in [0, 0.05) is 29.7 Å². The lowest BCUT2D eigenvalue weighted by atomic mass is 10.2. The van der Waals surface area contributed by atoms with Crippen LogP contribution in [0, 0.1) is 0 Å². The lowest BCUT2D eigenvalue weighted by Gasteiger charge is -2.10. The number of aromatic amines is 1. The van der Waals surface area contributed by atoms with Crippen LogP contribution < -0.4 is 10.9 Å². The number of alkyl halides is 3.